The molecule has 108 valence electrons. The summed E-state index contributed by atoms with van der Waals surface area (Å²) in [6.07, 6.45) is 1.43. The van der Waals surface area contributed by atoms with E-state index in [2.05, 4.69) is 5.32 Å². The van der Waals surface area contributed by atoms with Gasteiger partial charge in [-0.25, -0.2) is 0 Å². The van der Waals surface area contributed by atoms with Crippen LogP contribution < -0.4 is 10.2 Å². The zero-order chi connectivity index (χ0) is 14.8. The van der Waals surface area contributed by atoms with E-state index >= 15 is 0 Å². The summed E-state index contributed by atoms with van der Waals surface area (Å²) in [6.45, 7) is 0.712. The van der Waals surface area contributed by atoms with Gasteiger partial charge in [0.05, 0.1) is 0 Å². The molecule has 1 aliphatic rings. The van der Waals surface area contributed by atoms with Crippen LogP contribution >= 0.6 is 11.6 Å². The normalized spacial score (nSPS) is 14.5. The highest BCUT2D eigenvalue weighted by molar-refractivity contribution is 6.29. The van der Waals surface area contributed by atoms with Gasteiger partial charge in [-0.2, -0.15) is 0 Å². The number of carbonyl (C=O) groups is 2. The number of anilines is 2. The first-order valence-electron chi connectivity index (χ1n) is 6.60. The minimum absolute atomic E-state index is 0.108. The molecule has 5 nitrogen and oxygen atoms in total. The number of nitrogens with zero attached hydrogens (tertiary/aromatic N) is 1. The summed E-state index contributed by atoms with van der Waals surface area (Å²) in [6, 6.07) is 10.2. The van der Waals surface area contributed by atoms with Crippen LogP contribution in [-0.4, -0.2) is 18.4 Å². The zero-order valence-electron chi connectivity index (χ0n) is 11.1. The van der Waals surface area contributed by atoms with Crippen LogP contribution in [0.2, 0.25) is 5.22 Å². The monoisotopic (exact) mass is 304 g/mol. The fourth-order valence-electron chi connectivity index (χ4n) is 2.30. The smallest absolute Gasteiger partial charge is 0.291 e. The van der Waals surface area contributed by atoms with Crippen molar-refractivity contribution in [2.75, 3.05) is 16.8 Å². The average molecular weight is 305 g/mol. The largest absolute Gasteiger partial charge is 0.440 e. The molecular weight excluding hydrogens is 292 g/mol. The second kappa shape index (κ2) is 5.61. The molecule has 0 bridgehead atoms. The van der Waals surface area contributed by atoms with Gasteiger partial charge in [0.25, 0.3) is 5.91 Å². The third kappa shape index (κ3) is 2.92. The van der Waals surface area contributed by atoms with Gasteiger partial charge in [0.15, 0.2) is 11.0 Å². The van der Waals surface area contributed by atoms with Crippen LogP contribution in [0, 0.1) is 0 Å². The van der Waals surface area contributed by atoms with E-state index in [9.17, 15) is 9.59 Å². The third-order valence-electron chi connectivity index (χ3n) is 3.29. The Balaban J connectivity index is 1.77. The average Bonchev–Trinajstić information content (AvgIpc) is 3.08. The number of benzene rings is 1. The van der Waals surface area contributed by atoms with Crippen molar-refractivity contribution in [1.29, 1.82) is 0 Å². The molecule has 1 saturated heterocycles. The van der Waals surface area contributed by atoms with Gasteiger partial charge in [0.1, 0.15) is 0 Å². The van der Waals surface area contributed by atoms with Crippen LogP contribution in [0.1, 0.15) is 23.4 Å². The van der Waals surface area contributed by atoms with Crippen LogP contribution in [0.5, 0.6) is 0 Å². The molecule has 21 heavy (non-hydrogen) atoms. The third-order valence-corrected chi connectivity index (χ3v) is 3.49. The van der Waals surface area contributed by atoms with Gasteiger partial charge >= 0.3 is 0 Å². The summed E-state index contributed by atoms with van der Waals surface area (Å²) in [7, 11) is 0. The van der Waals surface area contributed by atoms with Crippen molar-refractivity contribution in [3.8, 4) is 0 Å². The molecular formula is C15H13ClN2O3. The second-order valence-electron chi connectivity index (χ2n) is 4.76. The Hall–Kier alpha value is -2.27. The molecule has 1 aromatic carbocycles. The maximum Gasteiger partial charge on any atom is 0.291 e. The Bertz CT molecular complexity index is 696. The summed E-state index contributed by atoms with van der Waals surface area (Å²) in [5, 5.41) is 2.88. The molecule has 0 atom stereocenters. The van der Waals surface area contributed by atoms with E-state index in [1.54, 1.807) is 23.1 Å². The van der Waals surface area contributed by atoms with Crippen LogP contribution in [0.3, 0.4) is 0 Å². The van der Waals surface area contributed by atoms with Crippen molar-refractivity contribution in [3.63, 3.8) is 0 Å². The van der Waals surface area contributed by atoms with E-state index in [0.717, 1.165) is 12.1 Å². The first-order valence-corrected chi connectivity index (χ1v) is 6.98. The predicted octanol–water partition coefficient (Wildman–Crippen LogP) is 3.31. The standard InChI is InChI=1S/C15H13ClN2O3/c16-13-7-6-12(21-13)15(20)17-10-3-1-4-11(9-10)18-8-2-5-14(18)19/h1,3-4,6-7,9H,2,5,8H2,(H,17,20). The second-order valence-corrected chi connectivity index (χ2v) is 5.13. The fraction of sp³-hybridized carbons (Fsp3) is 0.200. The lowest BCUT2D eigenvalue weighted by atomic mass is 10.2. The van der Waals surface area contributed by atoms with Crippen molar-refractivity contribution in [1.82, 2.24) is 0 Å². The van der Waals surface area contributed by atoms with E-state index in [0.29, 0.717) is 18.7 Å². The molecule has 1 aliphatic heterocycles. The van der Waals surface area contributed by atoms with Gasteiger partial charge in [-0.1, -0.05) is 6.07 Å². The molecule has 2 heterocycles. The van der Waals surface area contributed by atoms with Crippen LogP contribution in [-0.2, 0) is 4.79 Å². The van der Waals surface area contributed by atoms with Gasteiger partial charge in [-0.15, -0.1) is 0 Å². The maximum atomic E-state index is 12.0. The SMILES string of the molecule is O=C(Nc1cccc(N2CCCC2=O)c1)c1ccc(Cl)o1. The highest BCUT2D eigenvalue weighted by Crippen LogP contribution is 2.24. The molecule has 0 spiro atoms. The predicted molar refractivity (Wildman–Crippen MR) is 79.7 cm³/mol. The molecule has 0 aliphatic carbocycles. The van der Waals surface area contributed by atoms with Gasteiger partial charge in [0.2, 0.25) is 5.91 Å². The van der Waals surface area contributed by atoms with E-state index < -0.39 is 0 Å². The summed E-state index contributed by atoms with van der Waals surface area (Å²) < 4.78 is 5.05. The molecule has 0 saturated carbocycles. The number of hydrogen-bond acceptors (Lipinski definition) is 3. The molecule has 0 radical (unpaired) electrons. The van der Waals surface area contributed by atoms with Crippen molar-refractivity contribution >= 4 is 34.8 Å². The van der Waals surface area contributed by atoms with Gasteiger partial charge < -0.3 is 14.6 Å². The molecule has 1 fully saturated rings. The van der Waals surface area contributed by atoms with Gasteiger partial charge in [-0.05, 0) is 48.4 Å². The maximum absolute atomic E-state index is 12.0. The number of amides is 2. The van der Waals surface area contributed by atoms with Crippen LogP contribution in [0.15, 0.2) is 40.8 Å². The summed E-state index contributed by atoms with van der Waals surface area (Å²) in [5.74, 6) is -0.134. The first-order chi connectivity index (χ1) is 10.1. The molecule has 2 amide bonds. The highest BCUT2D eigenvalue weighted by Gasteiger charge is 2.22. The first kappa shape index (κ1) is 13.7. The Labute approximate surface area is 126 Å². The summed E-state index contributed by atoms with van der Waals surface area (Å²) >= 11 is 5.64. The number of carbonyl (C=O) groups excluding carboxylic acids is 2. The topological polar surface area (TPSA) is 62.6 Å². The summed E-state index contributed by atoms with van der Waals surface area (Å²) in [5.41, 5.74) is 1.39. The lowest BCUT2D eigenvalue weighted by Gasteiger charge is -2.16. The quantitative estimate of drug-likeness (QED) is 0.946. The number of rotatable bonds is 3. The molecule has 0 unspecified atom stereocenters. The van der Waals surface area contributed by atoms with Gasteiger partial charge in [-0.3, -0.25) is 9.59 Å². The van der Waals surface area contributed by atoms with E-state index in [-0.39, 0.29) is 22.8 Å². The highest BCUT2D eigenvalue weighted by atomic mass is 35.5. The lowest BCUT2D eigenvalue weighted by molar-refractivity contribution is -0.117. The van der Waals surface area contributed by atoms with Crippen LogP contribution in [0.25, 0.3) is 0 Å². The number of nitrogens with one attached hydrogen (secondary N) is 1. The van der Waals surface area contributed by atoms with E-state index in [4.69, 9.17) is 16.0 Å². The number of hydrogen-bond donors (Lipinski definition) is 1. The fourth-order valence-corrected chi connectivity index (χ4v) is 2.45. The molecule has 6 heteroatoms. The minimum Gasteiger partial charge on any atom is -0.440 e. The van der Waals surface area contributed by atoms with E-state index in [1.165, 1.54) is 12.1 Å². The molecule has 2 aromatic rings. The van der Waals surface area contributed by atoms with Gasteiger partial charge in [0, 0.05) is 24.3 Å². The van der Waals surface area contributed by atoms with Crippen molar-refractivity contribution in [2.45, 2.75) is 12.8 Å². The Morgan fingerprint density at radius 3 is 2.81 bits per heavy atom. The van der Waals surface area contributed by atoms with Crippen molar-refractivity contribution in [3.05, 3.63) is 47.4 Å². The Morgan fingerprint density at radius 2 is 2.14 bits per heavy atom. The minimum atomic E-state index is -0.383. The van der Waals surface area contributed by atoms with Crippen LogP contribution in [0.4, 0.5) is 11.4 Å². The Kier molecular flexibility index (Phi) is 3.66. The number of furan rings is 1. The zero-order valence-corrected chi connectivity index (χ0v) is 11.9. The Morgan fingerprint density at radius 1 is 1.29 bits per heavy atom. The molecule has 1 aromatic heterocycles. The number of halogens is 1. The van der Waals surface area contributed by atoms with Crippen molar-refractivity contribution < 1.29 is 14.0 Å². The van der Waals surface area contributed by atoms with E-state index in [1.807, 2.05) is 6.07 Å². The molecule has 1 N–H and O–H groups in total. The summed E-state index contributed by atoms with van der Waals surface area (Å²) in [4.78, 5) is 25.4. The lowest BCUT2D eigenvalue weighted by Crippen LogP contribution is -2.23. The molecule has 3 rings (SSSR count). The van der Waals surface area contributed by atoms with Crippen molar-refractivity contribution in [2.24, 2.45) is 0 Å².